The van der Waals surface area contributed by atoms with Gasteiger partial charge < -0.3 is 10.6 Å². The normalized spacial score (nSPS) is 19.9. The van der Waals surface area contributed by atoms with Gasteiger partial charge in [-0.05, 0) is 61.9 Å². The van der Waals surface area contributed by atoms with E-state index in [-0.39, 0.29) is 5.41 Å². The minimum absolute atomic E-state index is 0.278. The molecule has 0 aromatic carbocycles. The summed E-state index contributed by atoms with van der Waals surface area (Å²) in [5, 5.41) is 0. The molecule has 28 heavy (non-hydrogen) atoms. The van der Waals surface area contributed by atoms with Gasteiger partial charge in [0.15, 0.2) is 0 Å². The number of carbonyl (C=O) groups excluding carboxylic acids is 1. The molecule has 0 radical (unpaired) electrons. The third-order valence-corrected chi connectivity index (χ3v) is 6.38. The van der Waals surface area contributed by atoms with E-state index in [1.165, 1.54) is 5.56 Å². The molecular weight excluding hydrogens is 350 g/mol. The van der Waals surface area contributed by atoms with Gasteiger partial charge in [0.2, 0.25) is 5.91 Å². The predicted molar refractivity (Wildman–Crippen MR) is 109 cm³/mol. The van der Waals surface area contributed by atoms with Crippen LogP contribution in [0.4, 0.5) is 5.82 Å². The van der Waals surface area contributed by atoms with Crippen LogP contribution in [0.1, 0.15) is 36.8 Å². The van der Waals surface area contributed by atoms with E-state index in [2.05, 4.69) is 31.9 Å². The topological polar surface area (TPSA) is 75.3 Å². The number of nitrogen functional groups attached to an aromatic ring is 1. The van der Waals surface area contributed by atoms with Crippen LogP contribution >= 0.6 is 0 Å². The molecule has 6 heteroatoms. The molecule has 2 aliphatic rings. The molecule has 2 aromatic rings. The fourth-order valence-corrected chi connectivity index (χ4v) is 4.54. The molecule has 0 saturated carbocycles. The number of pyridine rings is 2. The maximum atomic E-state index is 12.5. The quantitative estimate of drug-likeness (QED) is 0.864. The Morgan fingerprint density at radius 3 is 2.68 bits per heavy atom. The highest BCUT2D eigenvalue weighted by Crippen LogP contribution is 2.40. The standard InChI is InChI=1S/C22H29N5O/c23-21-19(4-2-11-25-21)16-26-13-8-22(9-14-26)7-5-20(28)27(17-22)12-6-18-3-1-10-24-15-18/h1-4,10-11,15H,5-9,12-14,16-17H2,(H2,23,25). The van der Waals surface area contributed by atoms with Gasteiger partial charge in [0.1, 0.15) is 5.82 Å². The second kappa shape index (κ2) is 8.27. The zero-order valence-corrected chi connectivity index (χ0v) is 16.4. The number of nitrogens with zero attached hydrogens (tertiary/aromatic N) is 4. The molecule has 2 N–H and O–H groups in total. The van der Waals surface area contributed by atoms with Crippen molar-refractivity contribution in [3.05, 3.63) is 54.0 Å². The maximum Gasteiger partial charge on any atom is 0.222 e. The lowest BCUT2D eigenvalue weighted by Gasteiger charge is -2.47. The van der Waals surface area contributed by atoms with Crippen molar-refractivity contribution in [1.82, 2.24) is 19.8 Å². The first kappa shape index (κ1) is 18.9. The summed E-state index contributed by atoms with van der Waals surface area (Å²) < 4.78 is 0. The SMILES string of the molecule is Nc1ncccc1CN1CCC2(CCC(=O)N(CCc3cccnc3)C2)CC1. The highest BCUT2D eigenvalue weighted by atomic mass is 16.2. The van der Waals surface area contributed by atoms with Gasteiger partial charge in [0, 0.05) is 50.2 Å². The first-order valence-corrected chi connectivity index (χ1v) is 10.2. The number of likely N-dealkylation sites (tertiary alicyclic amines) is 2. The summed E-state index contributed by atoms with van der Waals surface area (Å²) in [5.74, 6) is 0.938. The summed E-state index contributed by atoms with van der Waals surface area (Å²) in [6, 6.07) is 8.05. The van der Waals surface area contributed by atoms with Gasteiger partial charge in [-0.15, -0.1) is 0 Å². The first-order valence-electron chi connectivity index (χ1n) is 10.2. The monoisotopic (exact) mass is 379 g/mol. The van der Waals surface area contributed by atoms with Gasteiger partial charge in [0.05, 0.1) is 0 Å². The van der Waals surface area contributed by atoms with E-state index in [0.29, 0.717) is 18.1 Å². The molecule has 0 aliphatic carbocycles. The van der Waals surface area contributed by atoms with Gasteiger partial charge in [-0.1, -0.05) is 12.1 Å². The number of anilines is 1. The van der Waals surface area contributed by atoms with E-state index in [0.717, 1.165) is 64.0 Å². The van der Waals surface area contributed by atoms with Crippen LogP contribution in [-0.4, -0.2) is 51.9 Å². The number of hydrogen-bond donors (Lipinski definition) is 1. The third-order valence-electron chi connectivity index (χ3n) is 6.38. The number of nitrogens with two attached hydrogens (primary N) is 1. The Balaban J connectivity index is 1.32. The molecule has 2 fully saturated rings. The predicted octanol–water partition coefficient (Wildman–Crippen LogP) is 2.51. The van der Waals surface area contributed by atoms with Gasteiger partial charge in [-0.25, -0.2) is 4.98 Å². The zero-order chi connectivity index (χ0) is 19.4. The summed E-state index contributed by atoms with van der Waals surface area (Å²) >= 11 is 0. The lowest BCUT2D eigenvalue weighted by molar-refractivity contribution is -0.139. The summed E-state index contributed by atoms with van der Waals surface area (Å²) in [4.78, 5) is 25.4. The van der Waals surface area contributed by atoms with E-state index in [4.69, 9.17) is 5.73 Å². The first-order chi connectivity index (χ1) is 13.6. The van der Waals surface area contributed by atoms with E-state index < -0.39 is 0 Å². The van der Waals surface area contributed by atoms with Crippen molar-refractivity contribution in [1.29, 1.82) is 0 Å². The van der Waals surface area contributed by atoms with Crippen LogP contribution in [0.25, 0.3) is 0 Å². The van der Waals surface area contributed by atoms with Crippen molar-refractivity contribution in [2.75, 3.05) is 31.9 Å². The molecule has 6 nitrogen and oxygen atoms in total. The second-order valence-corrected chi connectivity index (χ2v) is 8.25. The zero-order valence-electron chi connectivity index (χ0n) is 16.4. The van der Waals surface area contributed by atoms with Gasteiger partial charge in [-0.3, -0.25) is 14.7 Å². The molecule has 2 aromatic heterocycles. The molecule has 1 spiro atoms. The maximum absolute atomic E-state index is 12.5. The second-order valence-electron chi connectivity index (χ2n) is 8.25. The number of piperidine rings is 2. The Hall–Kier alpha value is -2.47. The van der Waals surface area contributed by atoms with Crippen molar-refractivity contribution in [3.63, 3.8) is 0 Å². The molecular formula is C22H29N5O. The van der Waals surface area contributed by atoms with Crippen molar-refractivity contribution >= 4 is 11.7 Å². The minimum atomic E-state index is 0.278. The minimum Gasteiger partial charge on any atom is -0.383 e. The Labute approximate surface area is 166 Å². The molecule has 0 atom stereocenters. The molecule has 4 rings (SSSR count). The average molecular weight is 380 g/mol. The van der Waals surface area contributed by atoms with E-state index in [1.54, 1.807) is 12.4 Å². The number of carbonyl (C=O) groups is 1. The highest BCUT2D eigenvalue weighted by Gasteiger charge is 2.40. The fourth-order valence-electron chi connectivity index (χ4n) is 4.54. The van der Waals surface area contributed by atoms with Crippen molar-refractivity contribution in [3.8, 4) is 0 Å². The number of aromatic nitrogens is 2. The van der Waals surface area contributed by atoms with Crippen LogP contribution in [0.2, 0.25) is 0 Å². The third kappa shape index (κ3) is 4.33. The molecule has 2 saturated heterocycles. The van der Waals surface area contributed by atoms with Crippen LogP contribution in [0, 0.1) is 5.41 Å². The van der Waals surface area contributed by atoms with Crippen molar-refractivity contribution in [2.45, 2.75) is 38.6 Å². The number of rotatable bonds is 5. The number of hydrogen-bond acceptors (Lipinski definition) is 5. The molecule has 0 bridgehead atoms. The summed E-state index contributed by atoms with van der Waals surface area (Å²) in [5.41, 5.74) is 8.58. The molecule has 1 amide bonds. The van der Waals surface area contributed by atoms with Crippen LogP contribution in [0.5, 0.6) is 0 Å². The Bertz CT molecular complexity index is 802. The largest absolute Gasteiger partial charge is 0.383 e. The Morgan fingerprint density at radius 2 is 1.93 bits per heavy atom. The van der Waals surface area contributed by atoms with Crippen LogP contribution in [0.3, 0.4) is 0 Å². The summed E-state index contributed by atoms with van der Waals surface area (Å²) in [7, 11) is 0. The van der Waals surface area contributed by atoms with Gasteiger partial charge in [-0.2, -0.15) is 0 Å². The van der Waals surface area contributed by atoms with Gasteiger partial charge >= 0.3 is 0 Å². The lowest BCUT2D eigenvalue weighted by atomic mass is 9.72. The lowest BCUT2D eigenvalue weighted by Crippen LogP contribution is -2.51. The van der Waals surface area contributed by atoms with Crippen LogP contribution in [0.15, 0.2) is 42.9 Å². The van der Waals surface area contributed by atoms with E-state index >= 15 is 0 Å². The van der Waals surface area contributed by atoms with Crippen molar-refractivity contribution < 1.29 is 4.79 Å². The Morgan fingerprint density at radius 1 is 1.11 bits per heavy atom. The molecule has 2 aliphatic heterocycles. The average Bonchev–Trinajstić information content (AvgIpc) is 2.73. The summed E-state index contributed by atoms with van der Waals surface area (Å²) in [6.07, 6.45) is 10.3. The molecule has 0 unspecified atom stereocenters. The summed E-state index contributed by atoms with van der Waals surface area (Å²) in [6.45, 7) is 4.66. The molecule has 4 heterocycles. The molecule has 148 valence electrons. The van der Waals surface area contributed by atoms with Crippen LogP contribution in [-0.2, 0) is 17.8 Å². The van der Waals surface area contributed by atoms with Crippen LogP contribution < -0.4 is 5.73 Å². The fraction of sp³-hybridized carbons (Fsp3) is 0.500. The number of amides is 1. The Kier molecular flexibility index (Phi) is 5.57. The smallest absolute Gasteiger partial charge is 0.222 e. The highest BCUT2D eigenvalue weighted by molar-refractivity contribution is 5.77. The van der Waals surface area contributed by atoms with Crippen molar-refractivity contribution in [2.24, 2.45) is 5.41 Å². The van der Waals surface area contributed by atoms with E-state index in [1.807, 2.05) is 18.3 Å². The van der Waals surface area contributed by atoms with E-state index in [9.17, 15) is 4.79 Å². The van der Waals surface area contributed by atoms with Gasteiger partial charge in [0.25, 0.3) is 0 Å².